The quantitative estimate of drug-likeness (QED) is 0.446. The van der Waals surface area contributed by atoms with Crippen molar-refractivity contribution < 1.29 is 23.2 Å². The van der Waals surface area contributed by atoms with Gasteiger partial charge in [0.25, 0.3) is 0 Å². The number of carbonyl (C=O) groups excluding carboxylic acids is 1. The SMILES string of the molecule is CCOC(=O)c1c([N+](=O)[O-])cnn1C(F)F. The van der Waals surface area contributed by atoms with Gasteiger partial charge in [0.2, 0.25) is 5.69 Å². The Bertz CT molecular complexity index is 418. The molecule has 0 amide bonds. The summed E-state index contributed by atoms with van der Waals surface area (Å²) in [5.74, 6) is -1.20. The van der Waals surface area contributed by atoms with E-state index in [4.69, 9.17) is 0 Å². The van der Waals surface area contributed by atoms with Gasteiger partial charge in [0.15, 0.2) is 0 Å². The molecule has 0 radical (unpaired) electrons. The largest absolute Gasteiger partial charge is 0.461 e. The second-order valence-corrected chi connectivity index (χ2v) is 2.58. The van der Waals surface area contributed by atoms with Gasteiger partial charge in [-0.3, -0.25) is 10.1 Å². The van der Waals surface area contributed by atoms with Crippen LogP contribution in [0.15, 0.2) is 6.20 Å². The maximum Gasteiger partial charge on any atom is 0.364 e. The molecule has 0 aromatic carbocycles. The lowest BCUT2D eigenvalue weighted by Gasteiger charge is -2.04. The van der Waals surface area contributed by atoms with Crippen LogP contribution in [0.4, 0.5) is 14.5 Å². The van der Waals surface area contributed by atoms with Crippen molar-refractivity contribution >= 4 is 11.7 Å². The molecule has 1 aromatic heterocycles. The van der Waals surface area contributed by atoms with E-state index in [0.717, 1.165) is 0 Å². The number of rotatable bonds is 4. The summed E-state index contributed by atoms with van der Waals surface area (Å²) in [6, 6.07) is 0. The number of nitrogens with zero attached hydrogens (tertiary/aromatic N) is 3. The van der Waals surface area contributed by atoms with E-state index in [1.807, 2.05) is 0 Å². The molecule has 7 nitrogen and oxygen atoms in total. The minimum Gasteiger partial charge on any atom is -0.461 e. The zero-order valence-corrected chi connectivity index (χ0v) is 8.09. The number of hydrogen-bond donors (Lipinski definition) is 0. The molecule has 1 heterocycles. The van der Waals surface area contributed by atoms with Crippen molar-refractivity contribution in [3.05, 3.63) is 22.0 Å². The first-order valence-electron chi connectivity index (χ1n) is 4.16. The van der Waals surface area contributed by atoms with Crippen LogP contribution in [0.5, 0.6) is 0 Å². The summed E-state index contributed by atoms with van der Waals surface area (Å²) in [7, 11) is 0. The molecule has 0 aliphatic heterocycles. The fourth-order valence-corrected chi connectivity index (χ4v) is 1.03. The van der Waals surface area contributed by atoms with Crippen LogP contribution in [0.25, 0.3) is 0 Å². The molecule has 0 saturated heterocycles. The highest BCUT2D eigenvalue weighted by Crippen LogP contribution is 2.23. The fraction of sp³-hybridized carbons (Fsp3) is 0.429. The Kier molecular flexibility index (Phi) is 3.48. The van der Waals surface area contributed by atoms with Gasteiger partial charge in [-0.1, -0.05) is 0 Å². The first-order chi connectivity index (χ1) is 7.49. The molecule has 1 aromatic rings. The van der Waals surface area contributed by atoms with Crippen LogP contribution >= 0.6 is 0 Å². The van der Waals surface area contributed by atoms with Gasteiger partial charge < -0.3 is 4.74 Å². The van der Waals surface area contributed by atoms with Crippen LogP contribution in [-0.2, 0) is 4.74 Å². The summed E-state index contributed by atoms with van der Waals surface area (Å²) >= 11 is 0. The Hall–Kier alpha value is -2.06. The molecule has 1 rings (SSSR count). The van der Waals surface area contributed by atoms with Gasteiger partial charge in [-0.05, 0) is 6.92 Å². The average molecular weight is 235 g/mol. The third-order valence-electron chi connectivity index (χ3n) is 1.63. The zero-order chi connectivity index (χ0) is 12.3. The Morgan fingerprint density at radius 1 is 1.75 bits per heavy atom. The number of nitro groups is 1. The predicted octanol–water partition coefficient (Wildman–Crippen LogP) is 1.36. The van der Waals surface area contributed by atoms with Gasteiger partial charge in [0.05, 0.1) is 11.5 Å². The van der Waals surface area contributed by atoms with E-state index in [1.54, 1.807) is 0 Å². The van der Waals surface area contributed by atoms with Gasteiger partial charge in [-0.2, -0.15) is 18.6 Å². The summed E-state index contributed by atoms with van der Waals surface area (Å²) in [5.41, 5.74) is -1.67. The van der Waals surface area contributed by atoms with E-state index in [0.29, 0.717) is 6.20 Å². The maximum atomic E-state index is 12.4. The first-order valence-corrected chi connectivity index (χ1v) is 4.16. The first kappa shape index (κ1) is 12.0. The average Bonchev–Trinajstić information content (AvgIpc) is 2.61. The van der Waals surface area contributed by atoms with E-state index in [2.05, 4.69) is 9.84 Å². The zero-order valence-electron chi connectivity index (χ0n) is 8.09. The number of carbonyl (C=O) groups is 1. The molecular formula is C7H7F2N3O4. The molecule has 0 fully saturated rings. The van der Waals surface area contributed by atoms with Gasteiger partial charge in [-0.25, -0.2) is 4.79 Å². The summed E-state index contributed by atoms with van der Waals surface area (Å²) < 4.78 is 29.1. The normalized spacial score (nSPS) is 10.5. The topological polar surface area (TPSA) is 87.3 Å². The smallest absolute Gasteiger partial charge is 0.364 e. The second-order valence-electron chi connectivity index (χ2n) is 2.58. The summed E-state index contributed by atoms with van der Waals surface area (Å²) in [4.78, 5) is 20.7. The molecule has 0 aliphatic rings. The molecule has 16 heavy (non-hydrogen) atoms. The lowest BCUT2D eigenvalue weighted by atomic mass is 10.4. The lowest BCUT2D eigenvalue weighted by molar-refractivity contribution is -0.385. The number of ether oxygens (including phenoxy) is 1. The van der Waals surface area contributed by atoms with Crippen molar-refractivity contribution in [1.82, 2.24) is 9.78 Å². The molecule has 0 saturated carbocycles. The molecule has 0 N–H and O–H groups in total. The highest BCUT2D eigenvalue weighted by Gasteiger charge is 2.31. The minimum absolute atomic E-state index is 0.0455. The monoisotopic (exact) mass is 235 g/mol. The molecule has 9 heteroatoms. The molecule has 0 aliphatic carbocycles. The van der Waals surface area contributed by atoms with E-state index in [9.17, 15) is 23.7 Å². The maximum absolute atomic E-state index is 12.4. The number of aromatic nitrogens is 2. The van der Waals surface area contributed by atoms with Gasteiger partial charge in [-0.15, -0.1) is 0 Å². The van der Waals surface area contributed by atoms with Crippen LogP contribution < -0.4 is 0 Å². The van der Waals surface area contributed by atoms with Crippen LogP contribution in [0.2, 0.25) is 0 Å². The molecule has 0 bridgehead atoms. The van der Waals surface area contributed by atoms with Crippen LogP contribution in [0, 0.1) is 10.1 Å². The highest BCUT2D eigenvalue weighted by molar-refractivity contribution is 5.91. The fourth-order valence-electron chi connectivity index (χ4n) is 1.03. The summed E-state index contributed by atoms with van der Waals surface area (Å²) in [6.07, 6.45) is 0.582. The van der Waals surface area contributed by atoms with Gasteiger partial charge in [0.1, 0.15) is 6.20 Å². The second kappa shape index (κ2) is 4.64. The number of halogens is 2. The Morgan fingerprint density at radius 2 is 2.38 bits per heavy atom. The van der Waals surface area contributed by atoms with E-state index in [1.165, 1.54) is 6.92 Å². The Labute approximate surface area is 87.8 Å². The molecular weight excluding hydrogens is 228 g/mol. The third-order valence-corrected chi connectivity index (χ3v) is 1.63. The standard InChI is InChI=1S/C7H7F2N3O4/c1-2-16-6(13)5-4(12(14)15)3-10-11(5)7(8)9/h3,7H,2H2,1H3. The highest BCUT2D eigenvalue weighted by atomic mass is 19.3. The van der Waals surface area contributed by atoms with Crippen molar-refractivity contribution in [1.29, 1.82) is 0 Å². The minimum atomic E-state index is -3.15. The number of alkyl halides is 2. The van der Waals surface area contributed by atoms with Crippen molar-refractivity contribution in [2.75, 3.05) is 6.61 Å². The van der Waals surface area contributed by atoms with Crippen molar-refractivity contribution in [2.24, 2.45) is 0 Å². The molecule has 88 valence electrons. The van der Waals surface area contributed by atoms with Crippen LogP contribution in [-0.4, -0.2) is 27.3 Å². The van der Waals surface area contributed by atoms with Gasteiger partial charge >= 0.3 is 18.2 Å². The molecule has 0 spiro atoms. The van der Waals surface area contributed by atoms with Crippen molar-refractivity contribution in [2.45, 2.75) is 13.5 Å². The van der Waals surface area contributed by atoms with E-state index >= 15 is 0 Å². The van der Waals surface area contributed by atoms with Crippen LogP contribution in [0.3, 0.4) is 0 Å². The van der Waals surface area contributed by atoms with Gasteiger partial charge in [0, 0.05) is 0 Å². The van der Waals surface area contributed by atoms with E-state index < -0.39 is 28.8 Å². The summed E-state index contributed by atoms with van der Waals surface area (Å²) in [6.45, 7) is -1.77. The Morgan fingerprint density at radius 3 is 2.81 bits per heavy atom. The molecule has 0 atom stereocenters. The number of hydrogen-bond acceptors (Lipinski definition) is 5. The van der Waals surface area contributed by atoms with Crippen molar-refractivity contribution in [3.8, 4) is 0 Å². The number of esters is 1. The van der Waals surface area contributed by atoms with Crippen LogP contribution in [0.1, 0.15) is 24.0 Å². The van der Waals surface area contributed by atoms with E-state index in [-0.39, 0.29) is 11.3 Å². The lowest BCUT2D eigenvalue weighted by Crippen LogP contribution is -2.15. The molecule has 0 unspecified atom stereocenters. The Balaban J connectivity index is 3.24. The third kappa shape index (κ3) is 2.12. The summed E-state index contributed by atoms with van der Waals surface area (Å²) in [5, 5.41) is 13.5. The predicted molar refractivity (Wildman–Crippen MR) is 46.1 cm³/mol. The van der Waals surface area contributed by atoms with Crippen molar-refractivity contribution in [3.63, 3.8) is 0 Å².